The molecule has 1 amide bonds. The van der Waals surface area contributed by atoms with Crippen molar-refractivity contribution in [1.29, 1.82) is 0 Å². The van der Waals surface area contributed by atoms with Crippen LogP contribution in [0.4, 0.5) is 9.52 Å². The predicted molar refractivity (Wildman–Crippen MR) is 129 cm³/mol. The molecule has 34 heavy (non-hydrogen) atoms. The second kappa shape index (κ2) is 8.55. The lowest BCUT2D eigenvalue weighted by molar-refractivity contribution is -0.132. The third kappa shape index (κ3) is 3.70. The average Bonchev–Trinajstić information content (AvgIpc) is 3.37. The first kappa shape index (κ1) is 22.1. The third-order valence-electron chi connectivity index (χ3n) is 5.52. The molecule has 3 aromatic carbocycles. The summed E-state index contributed by atoms with van der Waals surface area (Å²) in [5, 5.41) is 11.8. The van der Waals surface area contributed by atoms with Crippen molar-refractivity contribution in [1.82, 2.24) is 4.98 Å². The number of hydrogen-bond donors (Lipinski definition) is 1. The molecular formula is C25H16ClFN2O4S. The summed E-state index contributed by atoms with van der Waals surface area (Å²) in [5.74, 6) is -1.95. The van der Waals surface area contributed by atoms with Crippen LogP contribution in [0.3, 0.4) is 0 Å². The van der Waals surface area contributed by atoms with Crippen LogP contribution < -0.4 is 9.64 Å². The molecule has 1 atom stereocenters. The van der Waals surface area contributed by atoms with E-state index in [-0.39, 0.29) is 16.5 Å². The molecule has 170 valence electrons. The molecule has 6 nitrogen and oxygen atoms in total. The fraction of sp³-hybridized carbons (Fsp3) is 0.0800. The highest BCUT2D eigenvalue weighted by molar-refractivity contribution is 7.22. The van der Waals surface area contributed by atoms with Gasteiger partial charge in [0.25, 0.3) is 5.78 Å². The number of hydrogen-bond acceptors (Lipinski definition) is 6. The third-order valence-corrected chi connectivity index (χ3v) is 6.79. The van der Waals surface area contributed by atoms with Gasteiger partial charge in [0, 0.05) is 10.6 Å². The molecule has 0 radical (unpaired) electrons. The maximum absolute atomic E-state index is 13.8. The molecule has 5 rings (SSSR count). The minimum Gasteiger partial charge on any atom is -0.507 e. The lowest BCUT2D eigenvalue weighted by Gasteiger charge is -2.23. The van der Waals surface area contributed by atoms with Gasteiger partial charge in [0.15, 0.2) is 5.13 Å². The van der Waals surface area contributed by atoms with Gasteiger partial charge in [0.1, 0.15) is 17.3 Å². The summed E-state index contributed by atoms with van der Waals surface area (Å²) in [5.41, 5.74) is 1.28. The Hall–Kier alpha value is -3.75. The van der Waals surface area contributed by atoms with Gasteiger partial charge in [-0.05, 0) is 60.2 Å². The van der Waals surface area contributed by atoms with Crippen LogP contribution in [0.5, 0.6) is 5.75 Å². The first-order chi connectivity index (χ1) is 16.4. The quantitative estimate of drug-likeness (QED) is 0.223. The minimum absolute atomic E-state index is 0.0917. The van der Waals surface area contributed by atoms with Crippen molar-refractivity contribution in [3.63, 3.8) is 0 Å². The van der Waals surface area contributed by atoms with Gasteiger partial charge in [-0.25, -0.2) is 9.37 Å². The van der Waals surface area contributed by atoms with Gasteiger partial charge < -0.3 is 9.84 Å². The molecule has 9 heteroatoms. The number of rotatable bonds is 4. The number of thiazole rings is 1. The predicted octanol–water partition coefficient (Wildman–Crippen LogP) is 5.72. The number of ketones is 1. The molecule has 2 heterocycles. The van der Waals surface area contributed by atoms with Crippen LogP contribution in [0.1, 0.15) is 17.2 Å². The Kier molecular flexibility index (Phi) is 5.55. The zero-order valence-electron chi connectivity index (χ0n) is 17.7. The molecule has 0 unspecified atom stereocenters. The molecule has 4 aromatic rings. The standard InChI is InChI=1S/C25H16ClFN2O4S/c1-33-17-4-2-3-14(11-17)21-20(22(30)13-5-7-15(26)8-6-13)23(31)24(32)29(21)25-28-18-10-9-16(27)12-19(18)34-25/h2-12,21,30H,1H3/t21-/m1/s1. The molecular weight excluding hydrogens is 479 g/mol. The summed E-state index contributed by atoms with van der Waals surface area (Å²) in [7, 11) is 1.51. The van der Waals surface area contributed by atoms with Crippen LogP contribution in [0, 0.1) is 5.82 Å². The number of aromatic nitrogens is 1. The molecule has 0 aliphatic carbocycles. The van der Waals surface area contributed by atoms with Gasteiger partial charge in [0.2, 0.25) is 0 Å². The number of benzene rings is 3. The Morgan fingerprint density at radius 2 is 1.88 bits per heavy atom. The van der Waals surface area contributed by atoms with Gasteiger partial charge in [-0.15, -0.1) is 0 Å². The van der Waals surface area contributed by atoms with E-state index in [2.05, 4.69) is 4.98 Å². The Balaban J connectivity index is 1.74. The van der Waals surface area contributed by atoms with Crippen LogP contribution in [0.2, 0.25) is 5.02 Å². The van der Waals surface area contributed by atoms with Gasteiger partial charge in [-0.1, -0.05) is 35.1 Å². The number of fused-ring (bicyclic) bond motifs is 1. The van der Waals surface area contributed by atoms with Crippen LogP contribution in [-0.4, -0.2) is 28.9 Å². The molecule has 1 N–H and O–H groups in total. The van der Waals surface area contributed by atoms with Crippen LogP contribution >= 0.6 is 22.9 Å². The number of aliphatic hydroxyl groups excluding tert-OH is 1. The number of Topliss-reactive ketones (excluding diaryl/α,β-unsaturated/α-hetero) is 1. The topological polar surface area (TPSA) is 79.7 Å². The van der Waals surface area contributed by atoms with E-state index in [0.717, 1.165) is 11.3 Å². The number of anilines is 1. The summed E-state index contributed by atoms with van der Waals surface area (Å²) in [4.78, 5) is 32.2. The Morgan fingerprint density at radius 3 is 2.62 bits per heavy atom. The fourth-order valence-electron chi connectivity index (χ4n) is 3.91. The number of carbonyl (C=O) groups is 2. The fourth-order valence-corrected chi connectivity index (χ4v) is 5.05. The van der Waals surface area contributed by atoms with Crippen LogP contribution in [0.25, 0.3) is 16.0 Å². The normalized spacial score (nSPS) is 17.5. The van der Waals surface area contributed by atoms with Crippen molar-refractivity contribution in [3.05, 3.63) is 94.3 Å². The highest BCUT2D eigenvalue weighted by Crippen LogP contribution is 2.44. The number of methoxy groups -OCH3 is 1. The number of carbonyl (C=O) groups excluding carboxylic acids is 2. The molecule has 1 saturated heterocycles. The van der Waals surface area contributed by atoms with Crippen molar-refractivity contribution >= 4 is 55.7 Å². The van der Waals surface area contributed by atoms with E-state index in [0.29, 0.717) is 32.1 Å². The maximum Gasteiger partial charge on any atom is 0.301 e. The average molecular weight is 495 g/mol. The zero-order valence-corrected chi connectivity index (χ0v) is 19.2. The molecule has 1 aliphatic heterocycles. The van der Waals surface area contributed by atoms with Crippen LogP contribution in [-0.2, 0) is 9.59 Å². The lowest BCUT2D eigenvalue weighted by Crippen LogP contribution is -2.29. The van der Waals surface area contributed by atoms with Gasteiger partial charge in [-0.3, -0.25) is 14.5 Å². The van der Waals surface area contributed by atoms with Gasteiger partial charge in [-0.2, -0.15) is 0 Å². The smallest absolute Gasteiger partial charge is 0.301 e. The summed E-state index contributed by atoms with van der Waals surface area (Å²) in [6, 6.07) is 16.3. The van der Waals surface area contributed by atoms with Crippen molar-refractivity contribution in [2.45, 2.75) is 6.04 Å². The number of nitrogens with zero attached hydrogens (tertiary/aromatic N) is 2. The Morgan fingerprint density at radius 1 is 1.12 bits per heavy atom. The van der Waals surface area contributed by atoms with Crippen molar-refractivity contribution < 1.29 is 23.8 Å². The van der Waals surface area contributed by atoms with E-state index in [1.54, 1.807) is 48.5 Å². The zero-order chi connectivity index (χ0) is 24.0. The summed E-state index contributed by atoms with van der Waals surface area (Å²) < 4.78 is 19.6. The maximum atomic E-state index is 13.8. The largest absolute Gasteiger partial charge is 0.507 e. The summed E-state index contributed by atoms with van der Waals surface area (Å²) >= 11 is 7.05. The van der Waals surface area contributed by atoms with E-state index in [1.807, 2.05) is 0 Å². The molecule has 1 aromatic heterocycles. The second-order valence-electron chi connectivity index (χ2n) is 7.56. The number of amides is 1. The first-order valence-corrected chi connectivity index (χ1v) is 11.3. The van der Waals surface area contributed by atoms with E-state index in [4.69, 9.17) is 16.3 Å². The van der Waals surface area contributed by atoms with E-state index >= 15 is 0 Å². The van der Waals surface area contributed by atoms with Crippen molar-refractivity contribution in [2.75, 3.05) is 12.0 Å². The lowest BCUT2D eigenvalue weighted by atomic mass is 9.95. The highest BCUT2D eigenvalue weighted by Gasteiger charge is 2.48. The minimum atomic E-state index is -0.976. The number of halogens is 2. The SMILES string of the molecule is COc1cccc([C@@H]2C(=C(O)c3ccc(Cl)cc3)C(=O)C(=O)N2c2nc3ccc(F)cc3s2)c1. The number of aliphatic hydroxyl groups is 1. The number of ether oxygens (including phenoxy) is 1. The van der Waals surface area contributed by atoms with Crippen LogP contribution in [0.15, 0.2) is 72.3 Å². The summed E-state index contributed by atoms with van der Waals surface area (Å²) in [6.07, 6.45) is 0. The van der Waals surface area contributed by atoms with Crippen molar-refractivity contribution in [3.8, 4) is 5.75 Å². The second-order valence-corrected chi connectivity index (χ2v) is 9.01. The van der Waals surface area contributed by atoms with Crippen molar-refractivity contribution in [2.24, 2.45) is 0 Å². The Bertz CT molecular complexity index is 1480. The monoisotopic (exact) mass is 494 g/mol. The highest BCUT2D eigenvalue weighted by atomic mass is 35.5. The first-order valence-electron chi connectivity index (χ1n) is 10.1. The van der Waals surface area contributed by atoms with Gasteiger partial charge >= 0.3 is 5.91 Å². The molecule has 0 saturated carbocycles. The van der Waals surface area contributed by atoms with E-state index in [9.17, 15) is 19.1 Å². The molecule has 0 bridgehead atoms. The molecule has 1 aliphatic rings. The Labute approximate surface area is 202 Å². The van der Waals surface area contributed by atoms with Gasteiger partial charge in [0.05, 0.1) is 28.9 Å². The molecule has 1 fully saturated rings. The van der Waals surface area contributed by atoms with E-state index in [1.165, 1.54) is 30.2 Å². The van der Waals surface area contributed by atoms with E-state index < -0.39 is 23.5 Å². The molecule has 0 spiro atoms. The summed E-state index contributed by atoms with van der Waals surface area (Å²) in [6.45, 7) is 0.